The van der Waals surface area contributed by atoms with Crippen molar-refractivity contribution in [3.05, 3.63) is 38.7 Å². The van der Waals surface area contributed by atoms with Crippen LogP contribution in [0.25, 0.3) is 0 Å². The average Bonchev–Trinajstić information content (AvgIpc) is 2.54. The summed E-state index contributed by atoms with van der Waals surface area (Å²) in [7, 11) is 0. The maximum atomic E-state index is 12.8. The number of hydrogen-bond acceptors (Lipinski definition) is 6. The van der Waals surface area contributed by atoms with Gasteiger partial charge in [0.1, 0.15) is 10.7 Å². The van der Waals surface area contributed by atoms with Crippen LogP contribution in [-0.4, -0.2) is 41.1 Å². The summed E-state index contributed by atoms with van der Waals surface area (Å²) in [5.41, 5.74) is 0.507. The van der Waals surface area contributed by atoms with Crippen molar-refractivity contribution in [2.45, 2.75) is 33.7 Å². The van der Waals surface area contributed by atoms with Gasteiger partial charge in [-0.3, -0.25) is 4.79 Å². The van der Waals surface area contributed by atoms with Crippen LogP contribution in [0.3, 0.4) is 0 Å². The van der Waals surface area contributed by atoms with Crippen molar-refractivity contribution in [2.75, 3.05) is 13.2 Å². The summed E-state index contributed by atoms with van der Waals surface area (Å²) in [5, 5.41) is 12.3. The SMILES string of the molecule is CCOC(=O)/C(=C\N[C@H](CO)C(C)C)C(=O)c1cc(Br)c(C)nc1Cl. The average molecular weight is 434 g/mol. The van der Waals surface area contributed by atoms with Crippen LogP contribution in [0.1, 0.15) is 36.8 Å². The van der Waals surface area contributed by atoms with E-state index in [1.807, 2.05) is 13.8 Å². The van der Waals surface area contributed by atoms with Crippen LogP contribution in [0, 0.1) is 12.8 Å². The number of nitrogens with zero attached hydrogens (tertiary/aromatic N) is 1. The summed E-state index contributed by atoms with van der Waals surface area (Å²) >= 11 is 9.37. The van der Waals surface area contributed by atoms with Crippen molar-refractivity contribution in [1.29, 1.82) is 0 Å². The molecule has 0 aliphatic rings. The molecule has 1 aromatic heterocycles. The number of ether oxygens (including phenoxy) is 1. The topological polar surface area (TPSA) is 88.5 Å². The van der Waals surface area contributed by atoms with Crippen molar-refractivity contribution in [3.63, 3.8) is 0 Å². The van der Waals surface area contributed by atoms with E-state index < -0.39 is 11.8 Å². The molecule has 25 heavy (non-hydrogen) atoms. The van der Waals surface area contributed by atoms with Crippen molar-refractivity contribution >= 4 is 39.3 Å². The summed E-state index contributed by atoms with van der Waals surface area (Å²) in [5.74, 6) is -1.28. The van der Waals surface area contributed by atoms with Crippen LogP contribution in [0.15, 0.2) is 22.3 Å². The van der Waals surface area contributed by atoms with Gasteiger partial charge in [0.2, 0.25) is 5.78 Å². The number of Topliss-reactive ketones (excluding diaryl/α,β-unsaturated/α-hetero) is 1. The molecule has 0 spiro atoms. The van der Waals surface area contributed by atoms with Crippen molar-refractivity contribution < 1.29 is 19.4 Å². The van der Waals surface area contributed by atoms with Gasteiger partial charge in [-0.05, 0) is 41.8 Å². The number of aryl methyl sites for hydroxylation is 1. The highest BCUT2D eigenvalue weighted by molar-refractivity contribution is 9.10. The maximum Gasteiger partial charge on any atom is 0.343 e. The Morgan fingerprint density at radius 1 is 1.48 bits per heavy atom. The normalized spacial score (nSPS) is 12.9. The molecular weight excluding hydrogens is 412 g/mol. The zero-order chi connectivity index (χ0) is 19.1. The number of nitrogens with one attached hydrogen (secondary N) is 1. The van der Waals surface area contributed by atoms with E-state index in [9.17, 15) is 14.7 Å². The summed E-state index contributed by atoms with van der Waals surface area (Å²) in [6, 6.07) is 1.21. The van der Waals surface area contributed by atoms with E-state index in [0.717, 1.165) is 0 Å². The minimum Gasteiger partial charge on any atom is -0.462 e. The number of esters is 1. The van der Waals surface area contributed by atoms with Crippen LogP contribution < -0.4 is 5.32 Å². The highest BCUT2D eigenvalue weighted by Gasteiger charge is 2.25. The molecule has 1 aromatic rings. The Hall–Kier alpha value is -1.44. The summed E-state index contributed by atoms with van der Waals surface area (Å²) in [4.78, 5) is 29.1. The zero-order valence-electron chi connectivity index (χ0n) is 14.6. The zero-order valence-corrected chi connectivity index (χ0v) is 16.9. The first kappa shape index (κ1) is 21.6. The molecule has 6 nitrogen and oxygen atoms in total. The molecule has 138 valence electrons. The number of carbonyl (C=O) groups excluding carboxylic acids is 2. The Morgan fingerprint density at radius 3 is 2.64 bits per heavy atom. The minimum absolute atomic E-state index is 0.00321. The second-order valence-corrected chi connectivity index (χ2v) is 6.91. The number of carbonyl (C=O) groups is 2. The van der Waals surface area contributed by atoms with Crippen LogP contribution in [0.4, 0.5) is 0 Å². The van der Waals surface area contributed by atoms with Crippen LogP contribution >= 0.6 is 27.5 Å². The third-order valence-corrected chi connectivity index (χ3v) is 4.62. The molecule has 0 aliphatic carbocycles. The third-order valence-electron chi connectivity index (χ3n) is 3.53. The molecule has 0 fully saturated rings. The lowest BCUT2D eigenvalue weighted by Crippen LogP contribution is -2.34. The first-order valence-corrected chi connectivity index (χ1v) is 9.01. The van der Waals surface area contributed by atoms with Gasteiger partial charge in [0.15, 0.2) is 0 Å². The second kappa shape index (κ2) is 9.89. The molecule has 1 atom stereocenters. The number of rotatable bonds is 8. The van der Waals surface area contributed by atoms with E-state index in [-0.39, 0.29) is 41.5 Å². The van der Waals surface area contributed by atoms with E-state index >= 15 is 0 Å². The highest BCUT2D eigenvalue weighted by atomic mass is 79.9. The van der Waals surface area contributed by atoms with E-state index in [0.29, 0.717) is 10.2 Å². The third kappa shape index (κ3) is 5.80. The van der Waals surface area contributed by atoms with Crippen molar-refractivity contribution in [1.82, 2.24) is 10.3 Å². The van der Waals surface area contributed by atoms with E-state index in [2.05, 4.69) is 26.2 Å². The fourth-order valence-electron chi connectivity index (χ4n) is 1.93. The number of aromatic nitrogens is 1. The van der Waals surface area contributed by atoms with Crippen LogP contribution in [0.5, 0.6) is 0 Å². The molecule has 0 saturated heterocycles. The first-order valence-electron chi connectivity index (χ1n) is 7.84. The van der Waals surface area contributed by atoms with Gasteiger partial charge in [0.25, 0.3) is 0 Å². The predicted octanol–water partition coefficient (Wildman–Crippen LogP) is 3.04. The summed E-state index contributed by atoms with van der Waals surface area (Å²) in [6.45, 7) is 7.19. The first-order chi connectivity index (χ1) is 11.7. The monoisotopic (exact) mass is 432 g/mol. The summed E-state index contributed by atoms with van der Waals surface area (Å²) in [6.07, 6.45) is 1.27. The van der Waals surface area contributed by atoms with E-state index in [1.165, 1.54) is 12.3 Å². The fraction of sp³-hybridized carbons (Fsp3) is 0.471. The summed E-state index contributed by atoms with van der Waals surface area (Å²) < 4.78 is 5.56. The lowest BCUT2D eigenvalue weighted by molar-refractivity contribution is -0.138. The molecule has 0 bridgehead atoms. The quantitative estimate of drug-likeness (QED) is 0.164. The molecular formula is C17H22BrClN2O4. The Balaban J connectivity index is 3.26. The molecule has 1 heterocycles. The fourth-order valence-corrected chi connectivity index (χ4v) is 2.51. The van der Waals surface area contributed by atoms with Gasteiger partial charge in [-0.1, -0.05) is 25.4 Å². The maximum absolute atomic E-state index is 12.8. The Morgan fingerprint density at radius 2 is 2.12 bits per heavy atom. The smallest absolute Gasteiger partial charge is 0.343 e. The van der Waals surface area contributed by atoms with E-state index in [4.69, 9.17) is 16.3 Å². The van der Waals surface area contributed by atoms with Crippen LogP contribution in [0.2, 0.25) is 5.15 Å². The number of aliphatic hydroxyl groups excluding tert-OH is 1. The Kier molecular flexibility index (Phi) is 8.55. The molecule has 1 rings (SSSR count). The number of aliphatic hydroxyl groups is 1. The molecule has 0 aliphatic heterocycles. The van der Waals surface area contributed by atoms with Crippen molar-refractivity contribution in [2.24, 2.45) is 5.92 Å². The van der Waals surface area contributed by atoms with Gasteiger partial charge in [0.05, 0.1) is 30.5 Å². The van der Waals surface area contributed by atoms with Gasteiger partial charge in [-0.15, -0.1) is 0 Å². The Labute approximate surface area is 160 Å². The van der Waals surface area contributed by atoms with Gasteiger partial charge in [0, 0.05) is 10.7 Å². The molecule has 0 amide bonds. The minimum atomic E-state index is -0.770. The Bertz CT molecular complexity index is 677. The van der Waals surface area contributed by atoms with Gasteiger partial charge in [-0.2, -0.15) is 0 Å². The highest BCUT2D eigenvalue weighted by Crippen LogP contribution is 2.24. The number of halogens is 2. The lowest BCUT2D eigenvalue weighted by atomic mass is 10.0. The molecule has 0 radical (unpaired) electrons. The second-order valence-electron chi connectivity index (χ2n) is 5.70. The van der Waals surface area contributed by atoms with Crippen LogP contribution in [-0.2, 0) is 9.53 Å². The number of ketones is 1. The molecule has 2 N–H and O–H groups in total. The van der Waals surface area contributed by atoms with Crippen molar-refractivity contribution in [3.8, 4) is 0 Å². The standard InChI is InChI=1S/C17H22BrClN2O4/c1-5-25-17(24)12(7-20-14(8-22)9(2)3)15(23)11-6-13(18)10(4)21-16(11)19/h6-7,9,14,20,22H,5,8H2,1-4H3/b12-7-/t14-/m1/s1. The molecule has 8 heteroatoms. The molecule has 0 saturated carbocycles. The van der Waals surface area contributed by atoms with E-state index in [1.54, 1.807) is 13.8 Å². The van der Waals surface area contributed by atoms with Gasteiger partial charge < -0.3 is 15.2 Å². The number of hydrogen-bond donors (Lipinski definition) is 2. The molecule has 0 unspecified atom stereocenters. The largest absolute Gasteiger partial charge is 0.462 e. The number of pyridine rings is 1. The molecule has 0 aromatic carbocycles. The van der Waals surface area contributed by atoms with Gasteiger partial charge in [-0.25, -0.2) is 9.78 Å². The predicted molar refractivity (Wildman–Crippen MR) is 99.6 cm³/mol. The lowest BCUT2D eigenvalue weighted by Gasteiger charge is -2.19. The van der Waals surface area contributed by atoms with Gasteiger partial charge >= 0.3 is 5.97 Å².